The second-order valence-electron chi connectivity index (χ2n) is 5.02. The highest BCUT2D eigenvalue weighted by molar-refractivity contribution is 5.94. The van der Waals surface area contributed by atoms with E-state index in [0.29, 0.717) is 0 Å². The van der Waals surface area contributed by atoms with Crippen LogP contribution in [-0.4, -0.2) is 9.97 Å². The first kappa shape index (κ1) is 15.4. The van der Waals surface area contributed by atoms with E-state index in [1.54, 1.807) is 6.07 Å². The number of nitrogen functional groups attached to an aromatic ring is 2. The molecule has 0 aliphatic rings. The van der Waals surface area contributed by atoms with Crippen molar-refractivity contribution in [3.05, 3.63) is 53.1 Å². The van der Waals surface area contributed by atoms with Crippen LogP contribution in [0.15, 0.2) is 30.3 Å². The smallest absolute Gasteiger partial charge is 0.222 e. The predicted molar refractivity (Wildman–Crippen MR) is 86.8 cm³/mol. The molecule has 0 amide bonds. The number of nitriles is 1. The van der Waals surface area contributed by atoms with E-state index >= 15 is 0 Å². The highest BCUT2D eigenvalue weighted by atomic mass is 19.1. The van der Waals surface area contributed by atoms with Crippen LogP contribution in [0, 0.1) is 23.0 Å². The summed E-state index contributed by atoms with van der Waals surface area (Å²) in [7, 11) is 0. The van der Waals surface area contributed by atoms with Gasteiger partial charge in [-0.15, -0.1) is 0 Å². The summed E-state index contributed by atoms with van der Waals surface area (Å²) in [6.07, 6.45) is 0. The molecule has 0 radical (unpaired) electrons. The van der Waals surface area contributed by atoms with Crippen LogP contribution < -0.4 is 16.8 Å². The van der Waals surface area contributed by atoms with Crippen LogP contribution >= 0.6 is 0 Å². The molecule has 0 saturated heterocycles. The normalized spacial score (nSPS) is 10.5. The molecule has 5 N–H and O–H groups in total. The van der Waals surface area contributed by atoms with E-state index in [0.717, 1.165) is 5.56 Å². The van der Waals surface area contributed by atoms with Crippen LogP contribution in [-0.2, 0) is 6.54 Å². The van der Waals surface area contributed by atoms with E-state index < -0.39 is 17.2 Å². The van der Waals surface area contributed by atoms with Gasteiger partial charge in [-0.2, -0.15) is 10.2 Å². The maximum Gasteiger partial charge on any atom is 0.222 e. The van der Waals surface area contributed by atoms with Crippen LogP contribution in [0.5, 0.6) is 0 Å². The third-order valence-corrected chi connectivity index (χ3v) is 3.49. The lowest BCUT2D eigenvalue weighted by Gasteiger charge is -2.13. The highest BCUT2D eigenvalue weighted by Crippen LogP contribution is 2.33. The van der Waals surface area contributed by atoms with Crippen molar-refractivity contribution < 1.29 is 8.78 Å². The number of hydrogen-bond acceptors (Lipinski definition) is 6. The van der Waals surface area contributed by atoms with Crippen molar-refractivity contribution in [3.63, 3.8) is 0 Å². The molecule has 0 aliphatic heterocycles. The molecule has 0 bridgehead atoms. The molecule has 0 unspecified atom stereocenters. The first-order chi connectivity index (χ1) is 11.5. The molecule has 0 aliphatic carbocycles. The quantitative estimate of drug-likeness (QED) is 0.681. The molecule has 0 atom stereocenters. The third-order valence-electron chi connectivity index (χ3n) is 3.49. The molecule has 24 heavy (non-hydrogen) atoms. The zero-order chi connectivity index (χ0) is 17.3. The average molecular weight is 326 g/mol. The number of anilines is 3. The van der Waals surface area contributed by atoms with Gasteiger partial charge in [0, 0.05) is 6.54 Å². The van der Waals surface area contributed by atoms with Crippen molar-refractivity contribution >= 4 is 28.4 Å². The van der Waals surface area contributed by atoms with E-state index in [9.17, 15) is 14.0 Å². The summed E-state index contributed by atoms with van der Waals surface area (Å²) >= 11 is 0. The molecule has 2 aromatic carbocycles. The highest BCUT2D eigenvalue weighted by Gasteiger charge is 2.23. The van der Waals surface area contributed by atoms with Gasteiger partial charge in [0.25, 0.3) is 0 Å². The first-order valence-corrected chi connectivity index (χ1v) is 6.94. The third kappa shape index (κ3) is 2.52. The molecule has 1 aromatic heterocycles. The van der Waals surface area contributed by atoms with Gasteiger partial charge in [0.2, 0.25) is 5.95 Å². The lowest BCUT2D eigenvalue weighted by atomic mass is 10.1. The monoisotopic (exact) mass is 326 g/mol. The minimum atomic E-state index is -0.984. The van der Waals surface area contributed by atoms with Gasteiger partial charge in [0.1, 0.15) is 23.0 Å². The Kier molecular flexibility index (Phi) is 3.83. The lowest BCUT2D eigenvalue weighted by Crippen LogP contribution is -2.09. The van der Waals surface area contributed by atoms with Crippen molar-refractivity contribution in [1.29, 1.82) is 5.26 Å². The molecule has 0 fully saturated rings. The Labute approximate surface area is 135 Å². The molecular weight excluding hydrogens is 314 g/mol. The van der Waals surface area contributed by atoms with Gasteiger partial charge in [-0.1, -0.05) is 30.3 Å². The van der Waals surface area contributed by atoms with Crippen molar-refractivity contribution in [2.45, 2.75) is 6.54 Å². The Morgan fingerprint density at radius 1 is 1.08 bits per heavy atom. The van der Waals surface area contributed by atoms with Gasteiger partial charge in [-0.25, -0.2) is 13.8 Å². The Bertz CT molecular complexity index is 966. The zero-order valence-electron chi connectivity index (χ0n) is 12.3. The maximum atomic E-state index is 14.8. The second kappa shape index (κ2) is 5.96. The molecule has 6 nitrogen and oxygen atoms in total. The molecule has 8 heteroatoms. The van der Waals surface area contributed by atoms with Crippen molar-refractivity contribution in [3.8, 4) is 6.07 Å². The molecule has 120 valence electrons. The van der Waals surface area contributed by atoms with Gasteiger partial charge < -0.3 is 16.8 Å². The Morgan fingerprint density at radius 3 is 2.46 bits per heavy atom. The minimum Gasteiger partial charge on any atom is -0.383 e. The average Bonchev–Trinajstić information content (AvgIpc) is 2.57. The Hall–Kier alpha value is -3.47. The van der Waals surface area contributed by atoms with E-state index in [4.69, 9.17) is 11.5 Å². The van der Waals surface area contributed by atoms with Gasteiger partial charge >= 0.3 is 0 Å². The first-order valence-electron chi connectivity index (χ1n) is 6.94. The molecule has 0 saturated carbocycles. The molecule has 3 aromatic rings. The number of halogens is 2. The summed E-state index contributed by atoms with van der Waals surface area (Å²) in [6, 6.07) is 10.7. The van der Waals surface area contributed by atoms with Crippen LogP contribution in [0.2, 0.25) is 0 Å². The standard InChI is InChI=1S/C16H12F2N6/c17-11-9(6-19)13(22-7-8-4-2-1-3-5-8)12(18)14-10(11)15(20)24-16(21)23-14/h1-5,22H,7H2,(H4,20,21,23,24). The number of aromatic nitrogens is 2. The number of rotatable bonds is 3. The molecule has 1 heterocycles. The fraction of sp³-hybridized carbons (Fsp3) is 0.0625. The van der Waals surface area contributed by atoms with E-state index in [1.165, 1.54) is 0 Å². The fourth-order valence-electron chi connectivity index (χ4n) is 2.39. The van der Waals surface area contributed by atoms with Crippen LogP contribution in [0.25, 0.3) is 10.9 Å². The fourth-order valence-corrected chi connectivity index (χ4v) is 2.39. The maximum absolute atomic E-state index is 14.8. The van der Waals surface area contributed by atoms with Gasteiger partial charge in [0.15, 0.2) is 11.6 Å². The van der Waals surface area contributed by atoms with Gasteiger partial charge in [-0.05, 0) is 5.56 Å². The summed E-state index contributed by atoms with van der Waals surface area (Å²) in [5.41, 5.74) is 10.7. The summed E-state index contributed by atoms with van der Waals surface area (Å²) < 4.78 is 29.4. The summed E-state index contributed by atoms with van der Waals surface area (Å²) in [5, 5.41) is 11.6. The summed E-state index contributed by atoms with van der Waals surface area (Å²) in [4.78, 5) is 7.32. The predicted octanol–water partition coefficient (Wildman–Crippen LogP) is 2.56. The number of nitrogens with two attached hydrogens (primary N) is 2. The van der Waals surface area contributed by atoms with Crippen LogP contribution in [0.1, 0.15) is 11.1 Å². The van der Waals surface area contributed by atoms with E-state index in [2.05, 4.69) is 15.3 Å². The van der Waals surface area contributed by atoms with Gasteiger partial charge in [0.05, 0.1) is 11.1 Å². The SMILES string of the molecule is N#Cc1c(NCc2ccccc2)c(F)c2nc(N)nc(N)c2c1F. The lowest BCUT2D eigenvalue weighted by molar-refractivity contribution is 0.614. The second-order valence-corrected chi connectivity index (χ2v) is 5.02. The Morgan fingerprint density at radius 2 is 1.79 bits per heavy atom. The number of nitrogens with one attached hydrogen (secondary N) is 1. The van der Waals surface area contributed by atoms with E-state index in [1.807, 2.05) is 30.3 Å². The number of benzene rings is 2. The number of nitrogens with zero attached hydrogens (tertiary/aromatic N) is 3. The van der Waals surface area contributed by atoms with Crippen molar-refractivity contribution in [2.24, 2.45) is 0 Å². The molecule has 3 rings (SSSR count). The zero-order valence-corrected chi connectivity index (χ0v) is 12.3. The molecular formula is C16H12F2N6. The Balaban J connectivity index is 2.17. The van der Waals surface area contributed by atoms with Crippen LogP contribution in [0.3, 0.4) is 0 Å². The largest absolute Gasteiger partial charge is 0.383 e. The van der Waals surface area contributed by atoms with Crippen LogP contribution in [0.4, 0.5) is 26.2 Å². The van der Waals surface area contributed by atoms with E-state index in [-0.39, 0.29) is 34.9 Å². The van der Waals surface area contributed by atoms with Gasteiger partial charge in [-0.3, -0.25) is 0 Å². The molecule has 0 spiro atoms. The minimum absolute atomic E-state index is 0.202. The topological polar surface area (TPSA) is 114 Å². The number of hydrogen-bond donors (Lipinski definition) is 3. The summed E-state index contributed by atoms with van der Waals surface area (Å²) in [6.45, 7) is 0.202. The van der Waals surface area contributed by atoms with Crippen molar-refractivity contribution in [2.75, 3.05) is 16.8 Å². The number of fused-ring (bicyclic) bond motifs is 1. The van der Waals surface area contributed by atoms with Crippen molar-refractivity contribution in [1.82, 2.24) is 9.97 Å². The summed E-state index contributed by atoms with van der Waals surface area (Å²) in [5.74, 6) is -2.49.